The van der Waals surface area contributed by atoms with E-state index in [0.29, 0.717) is 25.9 Å². The van der Waals surface area contributed by atoms with Crippen molar-refractivity contribution < 1.29 is 19.5 Å². The minimum Gasteiger partial charge on any atom is -0.396 e. The Morgan fingerprint density at radius 2 is 2.03 bits per heavy atom. The second-order valence-corrected chi connectivity index (χ2v) is 10.5. The highest BCUT2D eigenvalue weighted by Gasteiger charge is 2.75. The molecule has 3 heterocycles. The van der Waals surface area contributed by atoms with Crippen LogP contribution in [-0.2, 0) is 14.4 Å². The SMILES string of the molecule is CCCNC(=O)[C@@H]1[C@H]2C(=O)N(CCCCO)C(C(=O)NC(C)C)C23S[C@@H]1CC3C. The van der Waals surface area contributed by atoms with Gasteiger partial charge in [0.1, 0.15) is 6.04 Å². The monoisotopic (exact) mass is 425 g/mol. The third-order valence-corrected chi connectivity index (χ3v) is 8.66. The Kier molecular flexibility index (Phi) is 6.83. The highest BCUT2D eigenvalue weighted by molar-refractivity contribution is 8.02. The van der Waals surface area contributed by atoms with Gasteiger partial charge in [0.25, 0.3) is 0 Å². The maximum atomic E-state index is 13.6. The fraction of sp³-hybridized carbons (Fsp3) is 0.857. The van der Waals surface area contributed by atoms with Crippen molar-refractivity contribution in [2.24, 2.45) is 17.8 Å². The molecular weight excluding hydrogens is 390 g/mol. The molecular formula is C21H35N3O4S. The van der Waals surface area contributed by atoms with Gasteiger partial charge in [-0.1, -0.05) is 13.8 Å². The second-order valence-electron chi connectivity index (χ2n) is 8.97. The molecule has 0 aromatic heterocycles. The molecule has 0 aromatic carbocycles. The van der Waals surface area contributed by atoms with Gasteiger partial charge in [0.05, 0.1) is 16.6 Å². The number of nitrogens with one attached hydrogen (secondary N) is 2. The molecule has 3 unspecified atom stereocenters. The summed E-state index contributed by atoms with van der Waals surface area (Å²) >= 11 is 1.70. The predicted molar refractivity (Wildman–Crippen MR) is 113 cm³/mol. The highest BCUT2D eigenvalue weighted by atomic mass is 32.2. The fourth-order valence-corrected chi connectivity index (χ4v) is 7.91. The summed E-state index contributed by atoms with van der Waals surface area (Å²) in [6.45, 7) is 9.08. The number of rotatable bonds is 9. The topological polar surface area (TPSA) is 98.7 Å². The van der Waals surface area contributed by atoms with Crippen LogP contribution in [0, 0.1) is 17.8 Å². The molecule has 3 fully saturated rings. The molecule has 6 atom stereocenters. The lowest BCUT2D eigenvalue weighted by Crippen LogP contribution is -2.57. The van der Waals surface area contributed by atoms with E-state index in [4.69, 9.17) is 5.11 Å². The van der Waals surface area contributed by atoms with Crippen molar-refractivity contribution in [1.82, 2.24) is 15.5 Å². The predicted octanol–water partition coefficient (Wildman–Crippen LogP) is 1.15. The van der Waals surface area contributed by atoms with Gasteiger partial charge in [0, 0.05) is 31.0 Å². The number of hydrogen-bond acceptors (Lipinski definition) is 5. The van der Waals surface area contributed by atoms with E-state index in [1.165, 1.54) is 0 Å². The van der Waals surface area contributed by atoms with Crippen molar-refractivity contribution in [3.63, 3.8) is 0 Å². The zero-order valence-corrected chi connectivity index (χ0v) is 18.8. The zero-order valence-electron chi connectivity index (χ0n) is 17.9. The van der Waals surface area contributed by atoms with E-state index in [1.54, 1.807) is 16.7 Å². The van der Waals surface area contributed by atoms with Crippen LogP contribution in [0.5, 0.6) is 0 Å². The van der Waals surface area contributed by atoms with E-state index < -0.39 is 16.7 Å². The lowest BCUT2D eigenvalue weighted by atomic mass is 9.66. The largest absolute Gasteiger partial charge is 0.396 e. The highest BCUT2D eigenvalue weighted by Crippen LogP contribution is 2.68. The third kappa shape index (κ3) is 3.67. The first-order chi connectivity index (χ1) is 13.8. The quantitative estimate of drug-likeness (QED) is 0.481. The van der Waals surface area contributed by atoms with Crippen LogP contribution in [0.15, 0.2) is 0 Å². The second kappa shape index (κ2) is 8.84. The van der Waals surface area contributed by atoms with E-state index >= 15 is 0 Å². The molecule has 0 aliphatic carbocycles. The normalized spacial score (nSPS) is 35.3. The number of carbonyl (C=O) groups excluding carboxylic acids is 3. The molecule has 0 radical (unpaired) electrons. The molecule has 3 amide bonds. The number of carbonyl (C=O) groups is 3. The first-order valence-electron chi connectivity index (χ1n) is 11.0. The van der Waals surface area contributed by atoms with E-state index in [1.807, 2.05) is 20.8 Å². The molecule has 7 nitrogen and oxygen atoms in total. The Bertz CT molecular complexity index is 658. The van der Waals surface area contributed by atoms with Crippen molar-refractivity contribution in [3.8, 4) is 0 Å². The molecule has 3 N–H and O–H groups in total. The smallest absolute Gasteiger partial charge is 0.244 e. The number of amides is 3. The molecule has 8 heteroatoms. The molecule has 29 heavy (non-hydrogen) atoms. The summed E-state index contributed by atoms with van der Waals surface area (Å²) in [4.78, 5) is 41.6. The number of nitrogens with zero attached hydrogens (tertiary/aromatic N) is 1. The van der Waals surface area contributed by atoms with Gasteiger partial charge in [-0.2, -0.15) is 0 Å². The Labute approximate surface area is 177 Å². The van der Waals surface area contributed by atoms with Gasteiger partial charge >= 0.3 is 0 Å². The van der Waals surface area contributed by atoms with Crippen LogP contribution in [0.2, 0.25) is 0 Å². The van der Waals surface area contributed by atoms with Crippen molar-refractivity contribution in [3.05, 3.63) is 0 Å². The minimum atomic E-state index is -0.560. The number of unbranched alkanes of at least 4 members (excludes halogenated alkanes) is 1. The molecule has 3 rings (SSSR count). The third-order valence-electron chi connectivity index (χ3n) is 6.58. The Hall–Kier alpha value is -1.28. The van der Waals surface area contributed by atoms with Crippen molar-refractivity contribution in [1.29, 1.82) is 0 Å². The van der Waals surface area contributed by atoms with Crippen molar-refractivity contribution in [2.45, 2.75) is 75.5 Å². The average molecular weight is 426 g/mol. The fourth-order valence-electron chi connectivity index (χ4n) is 5.48. The number of hydrogen-bond donors (Lipinski definition) is 3. The van der Waals surface area contributed by atoms with Gasteiger partial charge in [0.2, 0.25) is 17.7 Å². The molecule has 0 saturated carbocycles. The number of likely N-dealkylation sites (tertiary alicyclic amines) is 1. The van der Waals surface area contributed by atoms with Crippen molar-refractivity contribution >= 4 is 29.5 Å². The molecule has 3 aliphatic rings. The summed E-state index contributed by atoms with van der Waals surface area (Å²) in [5.74, 6) is -0.855. The zero-order chi connectivity index (χ0) is 21.3. The molecule has 0 aromatic rings. The molecule has 2 bridgehead atoms. The van der Waals surface area contributed by atoms with Crippen molar-refractivity contribution in [2.75, 3.05) is 19.7 Å². The molecule has 3 aliphatic heterocycles. The lowest BCUT2D eigenvalue weighted by molar-refractivity contribution is -0.140. The van der Waals surface area contributed by atoms with E-state index in [0.717, 1.165) is 12.8 Å². The van der Waals surface area contributed by atoms with Gasteiger partial charge < -0.3 is 20.6 Å². The minimum absolute atomic E-state index is 0.0186. The van der Waals surface area contributed by atoms with Crippen LogP contribution < -0.4 is 10.6 Å². The molecule has 3 saturated heterocycles. The van der Waals surface area contributed by atoms with Gasteiger partial charge in [-0.25, -0.2) is 0 Å². The number of fused-ring (bicyclic) bond motifs is 1. The van der Waals surface area contributed by atoms with E-state index in [9.17, 15) is 14.4 Å². The summed E-state index contributed by atoms with van der Waals surface area (Å²) in [5.41, 5.74) is 0. The van der Waals surface area contributed by atoms with Gasteiger partial charge in [-0.05, 0) is 45.4 Å². The Morgan fingerprint density at radius 3 is 2.66 bits per heavy atom. The standard InChI is InChI=1S/C21H35N3O4S/c1-5-8-22-18(26)15-14-11-13(4)21(29-14)16(15)20(28)24(9-6-7-10-25)17(21)19(27)23-12(2)3/h12-17,25H,5-11H2,1-4H3,(H,22,26)(H,23,27)/t13?,14-,15+,16+,17?,21?/m1/s1. The summed E-state index contributed by atoms with van der Waals surface area (Å²) in [6, 6.07) is -0.579. The number of thioether (sulfide) groups is 1. The summed E-state index contributed by atoms with van der Waals surface area (Å²) in [7, 11) is 0. The first-order valence-corrected chi connectivity index (χ1v) is 11.8. The van der Waals surface area contributed by atoms with E-state index in [-0.39, 0.29) is 47.5 Å². The molecule has 1 spiro atoms. The lowest BCUT2D eigenvalue weighted by Gasteiger charge is -2.39. The summed E-state index contributed by atoms with van der Waals surface area (Å²) in [6.07, 6.45) is 2.94. The van der Waals surface area contributed by atoms with Crippen LogP contribution in [-0.4, -0.2) is 69.5 Å². The Balaban J connectivity index is 1.96. The van der Waals surface area contributed by atoms with Crippen LogP contribution in [0.3, 0.4) is 0 Å². The van der Waals surface area contributed by atoms with Crippen LogP contribution in [0.4, 0.5) is 0 Å². The first kappa shape index (κ1) is 22.4. The van der Waals surface area contributed by atoms with Crippen LogP contribution in [0.1, 0.15) is 53.4 Å². The molecule has 164 valence electrons. The summed E-state index contributed by atoms with van der Waals surface area (Å²) in [5, 5.41) is 15.3. The van der Waals surface area contributed by atoms with Crippen LogP contribution in [0.25, 0.3) is 0 Å². The Morgan fingerprint density at radius 1 is 1.31 bits per heavy atom. The maximum Gasteiger partial charge on any atom is 0.244 e. The number of aliphatic hydroxyl groups is 1. The van der Waals surface area contributed by atoms with Gasteiger partial charge in [-0.3, -0.25) is 14.4 Å². The van der Waals surface area contributed by atoms with Gasteiger partial charge in [-0.15, -0.1) is 11.8 Å². The van der Waals surface area contributed by atoms with Gasteiger partial charge in [0.15, 0.2) is 0 Å². The van der Waals surface area contributed by atoms with E-state index in [2.05, 4.69) is 17.6 Å². The average Bonchev–Trinajstić information content (AvgIpc) is 3.23. The van der Waals surface area contributed by atoms with Crippen LogP contribution >= 0.6 is 11.8 Å². The maximum absolute atomic E-state index is 13.6. The number of aliphatic hydroxyl groups excluding tert-OH is 1. The summed E-state index contributed by atoms with van der Waals surface area (Å²) < 4.78 is -0.547.